The Labute approximate surface area is 167 Å². The molecule has 4 nitrogen and oxygen atoms in total. The maximum atomic E-state index is 12.7. The summed E-state index contributed by atoms with van der Waals surface area (Å²) >= 11 is 0. The van der Waals surface area contributed by atoms with E-state index in [0.29, 0.717) is 17.1 Å². The SMILES string of the molecule is Cc1ccc(C(=O)Nc2ccccc2-c2nc3c(ccc4ccccc43)o2)cc1. The van der Waals surface area contributed by atoms with Gasteiger partial charge in [-0.25, -0.2) is 4.98 Å². The maximum absolute atomic E-state index is 12.7. The van der Waals surface area contributed by atoms with Gasteiger partial charge >= 0.3 is 0 Å². The molecule has 0 spiro atoms. The summed E-state index contributed by atoms with van der Waals surface area (Å²) < 4.78 is 6.04. The van der Waals surface area contributed by atoms with Crippen molar-refractivity contribution in [2.45, 2.75) is 6.92 Å². The number of nitrogens with one attached hydrogen (secondary N) is 1. The van der Waals surface area contributed by atoms with E-state index in [0.717, 1.165) is 33.0 Å². The summed E-state index contributed by atoms with van der Waals surface area (Å²) in [6, 6.07) is 27.1. The van der Waals surface area contributed by atoms with Crippen molar-refractivity contribution in [2.75, 3.05) is 5.32 Å². The molecule has 0 bridgehead atoms. The van der Waals surface area contributed by atoms with Gasteiger partial charge in [-0.2, -0.15) is 0 Å². The number of carbonyl (C=O) groups excluding carboxylic acids is 1. The van der Waals surface area contributed by atoms with Crippen LogP contribution in [0, 0.1) is 6.92 Å². The molecule has 0 unspecified atom stereocenters. The fourth-order valence-corrected chi connectivity index (χ4v) is 3.45. The van der Waals surface area contributed by atoms with Crippen LogP contribution >= 0.6 is 0 Å². The number of para-hydroxylation sites is 1. The van der Waals surface area contributed by atoms with Crippen molar-refractivity contribution >= 4 is 33.5 Å². The second-order valence-corrected chi connectivity index (χ2v) is 7.02. The van der Waals surface area contributed by atoms with E-state index in [1.807, 2.05) is 85.8 Å². The molecule has 0 fully saturated rings. The van der Waals surface area contributed by atoms with E-state index >= 15 is 0 Å². The average molecular weight is 378 g/mol. The first-order valence-corrected chi connectivity index (χ1v) is 9.45. The number of nitrogens with zero attached hydrogens (tertiary/aromatic N) is 1. The van der Waals surface area contributed by atoms with Gasteiger partial charge in [0.1, 0.15) is 5.52 Å². The van der Waals surface area contributed by atoms with Crippen molar-refractivity contribution in [2.24, 2.45) is 0 Å². The highest BCUT2D eigenvalue weighted by Gasteiger charge is 2.16. The fraction of sp³-hybridized carbons (Fsp3) is 0.0400. The van der Waals surface area contributed by atoms with Crippen LogP contribution in [0.5, 0.6) is 0 Å². The van der Waals surface area contributed by atoms with Gasteiger partial charge in [0.2, 0.25) is 5.89 Å². The molecule has 0 atom stereocenters. The minimum Gasteiger partial charge on any atom is -0.436 e. The molecule has 29 heavy (non-hydrogen) atoms. The summed E-state index contributed by atoms with van der Waals surface area (Å²) in [6.45, 7) is 1.99. The molecule has 140 valence electrons. The third kappa shape index (κ3) is 3.15. The molecule has 0 saturated carbocycles. The van der Waals surface area contributed by atoms with Crippen LogP contribution < -0.4 is 5.32 Å². The number of aryl methyl sites for hydroxylation is 1. The summed E-state index contributed by atoms with van der Waals surface area (Å²) in [5.74, 6) is 0.315. The van der Waals surface area contributed by atoms with Gasteiger partial charge in [-0.1, -0.05) is 60.2 Å². The smallest absolute Gasteiger partial charge is 0.255 e. The number of oxazole rings is 1. The molecule has 4 aromatic carbocycles. The lowest BCUT2D eigenvalue weighted by Gasteiger charge is -2.09. The molecule has 5 rings (SSSR count). The molecule has 1 amide bonds. The Morgan fingerprint density at radius 2 is 1.62 bits per heavy atom. The van der Waals surface area contributed by atoms with Gasteiger partial charge in [-0.3, -0.25) is 4.79 Å². The van der Waals surface area contributed by atoms with E-state index in [4.69, 9.17) is 9.40 Å². The van der Waals surface area contributed by atoms with Crippen molar-refractivity contribution in [3.63, 3.8) is 0 Å². The lowest BCUT2D eigenvalue weighted by atomic mass is 10.1. The van der Waals surface area contributed by atoms with Gasteiger partial charge in [0, 0.05) is 10.9 Å². The number of anilines is 1. The molecule has 1 heterocycles. The molecular weight excluding hydrogens is 360 g/mol. The van der Waals surface area contributed by atoms with E-state index in [1.54, 1.807) is 0 Å². The topological polar surface area (TPSA) is 55.1 Å². The zero-order valence-electron chi connectivity index (χ0n) is 15.8. The minimum absolute atomic E-state index is 0.168. The molecule has 1 aromatic heterocycles. The highest BCUT2D eigenvalue weighted by molar-refractivity contribution is 6.07. The number of amides is 1. The first-order chi connectivity index (χ1) is 14.2. The molecule has 0 saturated heterocycles. The standard InChI is InChI=1S/C25H18N2O2/c1-16-10-12-18(13-11-16)24(28)26-21-9-5-4-8-20(21)25-27-23-19-7-3-2-6-17(19)14-15-22(23)29-25/h2-15H,1H3,(H,26,28). The molecule has 0 radical (unpaired) electrons. The fourth-order valence-electron chi connectivity index (χ4n) is 3.45. The van der Waals surface area contributed by atoms with Crippen molar-refractivity contribution in [1.82, 2.24) is 4.98 Å². The number of hydrogen-bond acceptors (Lipinski definition) is 3. The number of fused-ring (bicyclic) bond motifs is 3. The largest absolute Gasteiger partial charge is 0.436 e. The Morgan fingerprint density at radius 3 is 2.48 bits per heavy atom. The quantitative estimate of drug-likeness (QED) is 0.406. The van der Waals surface area contributed by atoms with Crippen LogP contribution in [0.3, 0.4) is 0 Å². The van der Waals surface area contributed by atoms with E-state index in [9.17, 15) is 4.79 Å². The van der Waals surface area contributed by atoms with Gasteiger partial charge in [-0.05, 0) is 42.6 Å². The van der Waals surface area contributed by atoms with Gasteiger partial charge in [0.25, 0.3) is 5.91 Å². The number of benzene rings is 4. The van der Waals surface area contributed by atoms with Gasteiger partial charge < -0.3 is 9.73 Å². The molecule has 1 N–H and O–H groups in total. The third-order valence-electron chi connectivity index (χ3n) is 5.00. The number of rotatable bonds is 3. The van der Waals surface area contributed by atoms with Gasteiger partial charge in [-0.15, -0.1) is 0 Å². The van der Waals surface area contributed by atoms with Gasteiger partial charge in [0.15, 0.2) is 5.58 Å². The van der Waals surface area contributed by atoms with E-state index in [1.165, 1.54) is 0 Å². The monoisotopic (exact) mass is 378 g/mol. The highest BCUT2D eigenvalue weighted by Crippen LogP contribution is 2.33. The van der Waals surface area contributed by atoms with Crippen LogP contribution in [0.1, 0.15) is 15.9 Å². The molecule has 0 aliphatic carbocycles. The lowest BCUT2D eigenvalue weighted by Crippen LogP contribution is -2.12. The highest BCUT2D eigenvalue weighted by atomic mass is 16.3. The third-order valence-corrected chi connectivity index (χ3v) is 5.00. The second-order valence-electron chi connectivity index (χ2n) is 7.02. The van der Waals surface area contributed by atoms with Crippen LogP contribution in [0.2, 0.25) is 0 Å². The Hall–Kier alpha value is -3.92. The van der Waals surface area contributed by atoms with Crippen LogP contribution in [-0.4, -0.2) is 10.9 Å². The predicted octanol–water partition coefficient (Wildman–Crippen LogP) is 6.21. The number of hydrogen-bond donors (Lipinski definition) is 1. The Morgan fingerprint density at radius 1 is 0.862 bits per heavy atom. The summed E-state index contributed by atoms with van der Waals surface area (Å²) in [6.07, 6.45) is 0. The van der Waals surface area contributed by atoms with Crippen molar-refractivity contribution in [3.05, 3.63) is 96.1 Å². The zero-order valence-corrected chi connectivity index (χ0v) is 15.8. The van der Waals surface area contributed by atoms with E-state index < -0.39 is 0 Å². The summed E-state index contributed by atoms with van der Waals surface area (Å²) in [5.41, 5.74) is 4.66. The first kappa shape index (κ1) is 17.2. The normalized spacial score (nSPS) is 11.1. The minimum atomic E-state index is -0.168. The number of aromatic nitrogens is 1. The predicted molar refractivity (Wildman–Crippen MR) is 116 cm³/mol. The van der Waals surface area contributed by atoms with E-state index in [-0.39, 0.29) is 5.91 Å². The summed E-state index contributed by atoms with van der Waals surface area (Å²) in [5, 5.41) is 5.14. The van der Waals surface area contributed by atoms with E-state index in [2.05, 4.69) is 11.4 Å². The maximum Gasteiger partial charge on any atom is 0.255 e. The van der Waals surface area contributed by atoms with Gasteiger partial charge in [0.05, 0.1) is 11.3 Å². The van der Waals surface area contributed by atoms with Crippen molar-refractivity contribution in [1.29, 1.82) is 0 Å². The zero-order chi connectivity index (χ0) is 19.8. The van der Waals surface area contributed by atoms with Crippen LogP contribution in [0.4, 0.5) is 5.69 Å². The Balaban J connectivity index is 1.56. The molecule has 5 aromatic rings. The second kappa shape index (κ2) is 6.91. The van der Waals surface area contributed by atoms with Crippen molar-refractivity contribution < 1.29 is 9.21 Å². The summed E-state index contributed by atoms with van der Waals surface area (Å²) in [7, 11) is 0. The molecular formula is C25H18N2O2. The Bertz CT molecular complexity index is 1350. The number of carbonyl (C=O) groups is 1. The van der Waals surface area contributed by atoms with Crippen LogP contribution in [0.25, 0.3) is 33.3 Å². The van der Waals surface area contributed by atoms with Crippen LogP contribution in [-0.2, 0) is 0 Å². The average Bonchev–Trinajstić information content (AvgIpc) is 3.19. The molecule has 4 heteroatoms. The molecule has 0 aliphatic rings. The molecule has 0 aliphatic heterocycles. The Kier molecular flexibility index (Phi) is 4.10. The lowest BCUT2D eigenvalue weighted by molar-refractivity contribution is 0.102. The summed E-state index contributed by atoms with van der Waals surface area (Å²) in [4.78, 5) is 17.4. The van der Waals surface area contributed by atoms with Crippen LogP contribution in [0.15, 0.2) is 89.3 Å². The first-order valence-electron chi connectivity index (χ1n) is 9.45. The van der Waals surface area contributed by atoms with Crippen molar-refractivity contribution in [3.8, 4) is 11.5 Å².